The van der Waals surface area contributed by atoms with E-state index in [2.05, 4.69) is 20.9 Å². The highest BCUT2D eigenvalue weighted by Gasteiger charge is 2.20. The maximum absolute atomic E-state index is 12.5. The van der Waals surface area contributed by atoms with Crippen LogP contribution in [0, 0.1) is 0 Å². The van der Waals surface area contributed by atoms with Gasteiger partial charge in [-0.05, 0) is 64.4 Å². The number of carbonyl (C=O) groups excluding carboxylic acids is 1. The van der Waals surface area contributed by atoms with Gasteiger partial charge in [-0.2, -0.15) is 0 Å². The van der Waals surface area contributed by atoms with Gasteiger partial charge in [0, 0.05) is 0 Å². The van der Waals surface area contributed by atoms with Crippen molar-refractivity contribution in [2.75, 3.05) is 13.1 Å². The van der Waals surface area contributed by atoms with E-state index < -0.39 is 0 Å². The van der Waals surface area contributed by atoms with Crippen molar-refractivity contribution in [2.24, 2.45) is 0 Å². The van der Waals surface area contributed by atoms with Crippen molar-refractivity contribution in [3.05, 3.63) is 41.7 Å². The number of benzene rings is 1. The van der Waals surface area contributed by atoms with Crippen molar-refractivity contribution in [3.8, 4) is 5.75 Å². The molecular formula is C19H27N5O2. The molecule has 1 atom stereocenters. The van der Waals surface area contributed by atoms with Crippen molar-refractivity contribution >= 4 is 5.91 Å². The maximum atomic E-state index is 12.5. The standard InChI is InChI=1S/C19H27N5O2/c1-13(2)26-17-6-4-15(5-7-17)14(3)21-19(25)18-12-24(23-22-18)16-8-10-20-11-9-16/h4-7,12-14,16,20H,8-11H2,1-3H3,(H,21,25). The molecule has 1 unspecified atom stereocenters. The van der Waals surface area contributed by atoms with Gasteiger partial charge in [0.05, 0.1) is 24.4 Å². The Labute approximate surface area is 154 Å². The summed E-state index contributed by atoms with van der Waals surface area (Å²) in [5.41, 5.74) is 1.37. The largest absolute Gasteiger partial charge is 0.491 e. The fourth-order valence-electron chi connectivity index (χ4n) is 3.09. The van der Waals surface area contributed by atoms with Crippen LogP contribution < -0.4 is 15.4 Å². The van der Waals surface area contributed by atoms with E-state index in [0.717, 1.165) is 37.2 Å². The number of amides is 1. The highest BCUT2D eigenvalue weighted by molar-refractivity contribution is 5.92. The van der Waals surface area contributed by atoms with Crippen LogP contribution in [0.4, 0.5) is 0 Å². The lowest BCUT2D eigenvalue weighted by Crippen LogP contribution is -2.29. The minimum absolute atomic E-state index is 0.125. The Bertz CT molecular complexity index is 720. The molecule has 2 aromatic rings. The van der Waals surface area contributed by atoms with Crippen molar-refractivity contribution in [1.82, 2.24) is 25.6 Å². The molecule has 0 aliphatic carbocycles. The van der Waals surface area contributed by atoms with E-state index in [1.807, 2.05) is 49.7 Å². The van der Waals surface area contributed by atoms with Gasteiger partial charge in [0.1, 0.15) is 5.75 Å². The van der Waals surface area contributed by atoms with E-state index in [-0.39, 0.29) is 18.1 Å². The Morgan fingerprint density at radius 3 is 2.58 bits per heavy atom. The van der Waals surface area contributed by atoms with E-state index in [9.17, 15) is 4.79 Å². The number of ether oxygens (including phenoxy) is 1. The Hall–Kier alpha value is -2.41. The second kappa shape index (κ2) is 8.31. The molecule has 1 fully saturated rings. The Balaban J connectivity index is 1.59. The molecule has 0 radical (unpaired) electrons. The molecule has 0 bridgehead atoms. The average molecular weight is 357 g/mol. The second-order valence-corrected chi connectivity index (χ2v) is 7.00. The third-order valence-corrected chi connectivity index (χ3v) is 4.53. The summed E-state index contributed by atoms with van der Waals surface area (Å²) in [5.74, 6) is 0.618. The van der Waals surface area contributed by atoms with Crippen LogP contribution in [-0.2, 0) is 0 Å². The molecule has 0 saturated carbocycles. The number of piperidine rings is 1. The topological polar surface area (TPSA) is 81.1 Å². The van der Waals surface area contributed by atoms with Crippen LogP contribution in [0.15, 0.2) is 30.5 Å². The molecule has 1 aromatic carbocycles. The van der Waals surface area contributed by atoms with Crippen LogP contribution in [0.2, 0.25) is 0 Å². The Kier molecular flexibility index (Phi) is 5.88. The van der Waals surface area contributed by atoms with Gasteiger partial charge in [0.15, 0.2) is 5.69 Å². The lowest BCUT2D eigenvalue weighted by atomic mass is 10.1. The summed E-state index contributed by atoms with van der Waals surface area (Å²) < 4.78 is 7.46. The first-order valence-corrected chi connectivity index (χ1v) is 9.23. The van der Waals surface area contributed by atoms with Crippen molar-refractivity contribution in [3.63, 3.8) is 0 Å². The molecule has 7 nitrogen and oxygen atoms in total. The number of hydrogen-bond acceptors (Lipinski definition) is 5. The molecule has 2 N–H and O–H groups in total. The summed E-state index contributed by atoms with van der Waals surface area (Å²) in [5, 5.41) is 14.5. The van der Waals surface area contributed by atoms with Gasteiger partial charge in [-0.15, -0.1) is 5.10 Å². The molecule has 1 aliphatic heterocycles. The summed E-state index contributed by atoms with van der Waals surface area (Å²) in [7, 11) is 0. The van der Waals surface area contributed by atoms with E-state index in [1.54, 1.807) is 6.20 Å². The summed E-state index contributed by atoms with van der Waals surface area (Å²) in [6.45, 7) is 7.88. The van der Waals surface area contributed by atoms with Gasteiger partial charge >= 0.3 is 0 Å². The first-order valence-electron chi connectivity index (χ1n) is 9.23. The van der Waals surface area contributed by atoms with Gasteiger partial charge < -0.3 is 15.4 Å². The number of nitrogens with one attached hydrogen (secondary N) is 2. The molecule has 3 rings (SSSR count). The molecule has 2 heterocycles. The van der Waals surface area contributed by atoms with E-state index >= 15 is 0 Å². The fourth-order valence-corrected chi connectivity index (χ4v) is 3.09. The van der Waals surface area contributed by atoms with E-state index in [4.69, 9.17) is 4.74 Å². The van der Waals surface area contributed by atoms with Gasteiger partial charge in [0.2, 0.25) is 0 Å². The first-order chi connectivity index (χ1) is 12.5. The Morgan fingerprint density at radius 1 is 1.23 bits per heavy atom. The lowest BCUT2D eigenvalue weighted by Gasteiger charge is -2.22. The summed E-state index contributed by atoms with van der Waals surface area (Å²) >= 11 is 0. The zero-order valence-electron chi connectivity index (χ0n) is 15.6. The third-order valence-electron chi connectivity index (χ3n) is 4.53. The van der Waals surface area contributed by atoms with Crippen LogP contribution in [0.1, 0.15) is 61.7 Å². The monoisotopic (exact) mass is 357 g/mol. The van der Waals surface area contributed by atoms with E-state index in [1.165, 1.54) is 0 Å². The molecule has 7 heteroatoms. The number of hydrogen-bond donors (Lipinski definition) is 2. The SMILES string of the molecule is CC(C)Oc1ccc(C(C)NC(=O)c2cn(C3CCNCC3)nn2)cc1. The molecule has 1 saturated heterocycles. The zero-order valence-corrected chi connectivity index (χ0v) is 15.6. The number of rotatable bonds is 6. The predicted molar refractivity (Wildman–Crippen MR) is 99.2 cm³/mol. The number of carbonyl (C=O) groups is 1. The molecule has 0 spiro atoms. The van der Waals surface area contributed by atoms with Crippen LogP contribution in [0.3, 0.4) is 0 Å². The average Bonchev–Trinajstić information content (AvgIpc) is 3.13. The van der Waals surface area contributed by atoms with Gasteiger partial charge in [-0.3, -0.25) is 4.79 Å². The van der Waals surface area contributed by atoms with Crippen LogP contribution in [0.25, 0.3) is 0 Å². The smallest absolute Gasteiger partial charge is 0.273 e. The van der Waals surface area contributed by atoms with Crippen molar-refractivity contribution in [2.45, 2.75) is 51.8 Å². The highest BCUT2D eigenvalue weighted by atomic mass is 16.5. The van der Waals surface area contributed by atoms with Crippen LogP contribution in [-0.4, -0.2) is 40.1 Å². The maximum Gasteiger partial charge on any atom is 0.273 e. The van der Waals surface area contributed by atoms with Gasteiger partial charge in [-0.25, -0.2) is 4.68 Å². The van der Waals surface area contributed by atoms with Crippen LogP contribution >= 0.6 is 0 Å². The van der Waals surface area contributed by atoms with Crippen LogP contribution in [0.5, 0.6) is 5.75 Å². The minimum Gasteiger partial charge on any atom is -0.491 e. The summed E-state index contributed by atoms with van der Waals surface area (Å²) in [6.07, 6.45) is 3.90. The van der Waals surface area contributed by atoms with Crippen molar-refractivity contribution < 1.29 is 9.53 Å². The molecule has 1 aliphatic rings. The molecule has 1 aromatic heterocycles. The molecule has 140 valence electrons. The predicted octanol–water partition coefficient (Wildman–Crippen LogP) is 2.48. The zero-order chi connectivity index (χ0) is 18.5. The normalized spacial score (nSPS) is 16.5. The molecular weight excluding hydrogens is 330 g/mol. The van der Waals surface area contributed by atoms with Gasteiger partial charge in [-0.1, -0.05) is 17.3 Å². The minimum atomic E-state index is -0.208. The van der Waals surface area contributed by atoms with Gasteiger partial charge in [0.25, 0.3) is 5.91 Å². The molecule has 1 amide bonds. The quantitative estimate of drug-likeness (QED) is 0.830. The molecule has 26 heavy (non-hydrogen) atoms. The second-order valence-electron chi connectivity index (χ2n) is 7.00. The lowest BCUT2D eigenvalue weighted by molar-refractivity contribution is 0.0934. The number of nitrogens with zero attached hydrogens (tertiary/aromatic N) is 3. The third kappa shape index (κ3) is 4.60. The number of aromatic nitrogens is 3. The highest BCUT2D eigenvalue weighted by Crippen LogP contribution is 2.20. The summed E-state index contributed by atoms with van der Waals surface area (Å²) in [4.78, 5) is 12.5. The van der Waals surface area contributed by atoms with Crippen molar-refractivity contribution in [1.29, 1.82) is 0 Å². The Morgan fingerprint density at radius 2 is 1.92 bits per heavy atom. The fraction of sp³-hybridized carbons (Fsp3) is 0.526. The van der Waals surface area contributed by atoms with E-state index in [0.29, 0.717) is 11.7 Å². The first kappa shape index (κ1) is 18.4. The summed E-state index contributed by atoms with van der Waals surface area (Å²) in [6, 6.07) is 7.97.